The summed E-state index contributed by atoms with van der Waals surface area (Å²) in [5.41, 5.74) is 0.721. The van der Waals surface area contributed by atoms with Gasteiger partial charge >= 0.3 is 0 Å². The second-order valence-corrected chi connectivity index (χ2v) is 5.46. The summed E-state index contributed by atoms with van der Waals surface area (Å²) in [6, 6.07) is 11.3. The Labute approximate surface area is 134 Å². The lowest BCUT2D eigenvalue weighted by Crippen LogP contribution is -2.20. The van der Waals surface area contributed by atoms with Crippen molar-refractivity contribution in [2.45, 2.75) is 0 Å². The molecule has 0 saturated heterocycles. The van der Waals surface area contributed by atoms with Crippen LogP contribution in [0, 0.1) is 9.39 Å². The first kappa shape index (κ1) is 15.1. The Balaban J connectivity index is 1.92. The van der Waals surface area contributed by atoms with E-state index < -0.39 is 5.82 Å². The van der Waals surface area contributed by atoms with Crippen molar-refractivity contribution >= 4 is 45.8 Å². The Morgan fingerprint density at radius 2 is 2.05 bits per heavy atom. The molecule has 0 aliphatic rings. The van der Waals surface area contributed by atoms with Crippen LogP contribution < -0.4 is 10.1 Å². The summed E-state index contributed by atoms with van der Waals surface area (Å²) < 4.78 is 19.1. The molecule has 1 N–H and O–H groups in total. The lowest BCUT2D eigenvalue weighted by molar-refractivity contribution is -0.118. The van der Waals surface area contributed by atoms with Gasteiger partial charge in [-0.2, -0.15) is 0 Å². The van der Waals surface area contributed by atoms with Crippen molar-refractivity contribution in [2.75, 3.05) is 11.9 Å². The van der Waals surface area contributed by atoms with Crippen LogP contribution in [0.15, 0.2) is 42.5 Å². The molecule has 0 heterocycles. The second-order valence-electron chi connectivity index (χ2n) is 3.89. The fourth-order valence-electron chi connectivity index (χ4n) is 1.46. The highest BCUT2D eigenvalue weighted by Gasteiger charge is 2.07. The molecule has 0 unspecified atom stereocenters. The Kier molecular flexibility index (Phi) is 5.19. The predicted octanol–water partition coefficient (Wildman–Crippen LogP) is 4.10. The molecular formula is C14H10ClFINO2. The van der Waals surface area contributed by atoms with E-state index in [4.69, 9.17) is 16.3 Å². The molecule has 6 heteroatoms. The lowest BCUT2D eigenvalue weighted by atomic mass is 10.3. The maximum Gasteiger partial charge on any atom is 0.262 e. The van der Waals surface area contributed by atoms with Gasteiger partial charge in [0.05, 0.1) is 10.7 Å². The van der Waals surface area contributed by atoms with Gasteiger partial charge in [0.2, 0.25) is 0 Å². The van der Waals surface area contributed by atoms with E-state index in [1.54, 1.807) is 6.07 Å². The molecule has 0 atom stereocenters. The third-order valence-corrected chi connectivity index (χ3v) is 3.64. The van der Waals surface area contributed by atoms with Crippen LogP contribution in [0.25, 0.3) is 0 Å². The van der Waals surface area contributed by atoms with E-state index in [1.807, 2.05) is 18.2 Å². The summed E-state index contributed by atoms with van der Waals surface area (Å²) in [5, 5.41) is 2.69. The van der Waals surface area contributed by atoms with Crippen molar-refractivity contribution in [3.8, 4) is 5.75 Å². The summed E-state index contributed by atoms with van der Waals surface area (Å²) in [6.07, 6.45) is 0. The molecule has 104 valence electrons. The van der Waals surface area contributed by atoms with Gasteiger partial charge in [0.15, 0.2) is 6.61 Å². The number of ether oxygens (including phenoxy) is 1. The molecule has 0 radical (unpaired) electrons. The van der Waals surface area contributed by atoms with Gasteiger partial charge in [0.25, 0.3) is 5.91 Å². The van der Waals surface area contributed by atoms with E-state index >= 15 is 0 Å². The Morgan fingerprint density at radius 1 is 1.30 bits per heavy atom. The highest BCUT2D eigenvalue weighted by molar-refractivity contribution is 14.1. The zero-order valence-corrected chi connectivity index (χ0v) is 13.1. The number of hydrogen-bond acceptors (Lipinski definition) is 2. The number of rotatable bonds is 4. The van der Waals surface area contributed by atoms with Crippen LogP contribution in [0.5, 0.6) is 5.75 Å². The highest BCUT2D eigenvalue weighted by Crippen LogP contribution is 2.21. The van der Waals surface area contributed by atoms with Crippen LogP contribution in [-0.4, -0.2) is 12.5 Å². The first-order valence-corrected chi connectivity index (χ1v) is 7.14. The minimum atomic E-state index is -0.526. The van der Waals surface area contributed by atoms with Crippen LogP contribution in [-0.2, 0) is 4.79 Å². The van der Waals surface area contributed by atoms with E-state index in [-0.39, 0.29) is 17.5 Å². The SMILES string of the molecule is O=C(COc1ccc(F)c(Cl)c1)Nc1ccccc1I. The number of para-hydroxylation sites is 1. The fourth-order valence-corrected chi connectivity index (χ4v) is 2.16. The van der Waals surface area contributed by atoms with Gasteiger partial charge in [0.1, 0.15) is 11.6 Å². The summed E-state index contributed by atoms with van der Waals surface area (Å²) in [5.74, 6) is -0.480. The van der Waals surface area contributed by atoms with Crippen molar-refractivity contribution < 1.29 is 13.9 Å². The second kappa shape index (κ2) is 6.90. The average molecular weight is 406 g/mol. The molecule has 0 aliphatic heterocycles. The highest BCUT2D eigenvalue weighted by atomic mass is 127. The minimum absolute atomic E-state index is 0.0412. The van der Waals surface area contributed by atoms with E-state index in [1.165, 1.54) is 18.2 Å². The van der Waals surface area contributed by atoms with Crippen molar-refractivity contribution in [2.24, 2.45) is 0 Å². The molecule has 0 fully saturated rings. The van der Waals surface area contributed by atoms with Crippen LogP contribution in [0.2, 0.25) is 5.02 Å². The molecular weight excluding hydrogens is 396 g/mol. The molecule has 20 heavy (non-hydrogen) atoms. The largest absolute Gasteiger partial charge is 0.484 e. The van der Waals surface area contributed by atoms with E-state index in [9.17, 15) is 9.18 Å². The number of amides is 1. The number of carbonyl (C=O) groups excluding carboxylic acids is 1. The topological polar surface area (TPSA) is 38.3 Å². The Morgan fingerprint density at radius 3 is 2.75 bits per heavy atom. The van der Waals surface area contributed by atoms with Crippen molar-refractivity contribution in [3.63, 3.8) is 0 Å². The third kappa shape index (κ3) is 4.08. The van der Waals surface area contributed by atoms with Gasteiger partial charge in [-0.1, -0.05) is 23.7 Å². The molecule has 0 bridgehead atoms. The molecule has 0 aromatic heterocycles. The zero-order chi connectivity index (χ0) is 14.5. The fraction of sp³-hybridized carbons (Fsp3) is 0.0714. The van der Waals surface area contributed by atoms with Crippen molar-refractivity contribution in [1.29, 1.82) is 0 Å². The number of carbonyl (C=O) groups is 1. The average Bonchev–Trinajstić information content (AvgIpc) is 2.43. The Hall–Kier alpha value is -1.34. The molecule has 2 rings (SSSR count). The number of anilines is 1. The maximum atomic E-state index is 13.0. The summed E-state index contributed by atoms with van der Waals surface area (Å²) >= 11 is 7.75. The quantitative estimate of drug-likeness (QED) is 0.778. The lowest BCUT2D eigenvalue weighted by Gasteiger charge is -2.09. The first-order chi connectivity index (χ1) is 9.56. The first-order valence-electron chi connectivity index (χ1n) is 5.68. The molecule has 1 amide bonds. The summed E-state index contributed by atoms with van der Waals surface area (Å²) in [7, 11) is 0. The molecule has 0 aliphatic carbocycles. The molecule has 2 aromatic carbocycles. The number of nitrogens with one attached hydrogen (secondary N) is 1. The number of hydrogen-bond donors (Lipinski definition) is 1. The zero-order valence-electron chi connectivity index (χ0n) is 10.2. The van der Waals surface area contributed by atoms with Gasteiger partial charge in [-0.05, 0) is 46.9 Å². The third-order valence-electron chi connectivity index (χ3n) is 2.41. The van der Waals surface area contributed by atoms with Gasteiger partial charge in [-0.25, -0.2) is 4.39 Å². The van der Waals surface area contributed by atoms with Crippen molar-refractivity contribution in [3.05, 3.63) is 56.9 Å². The minimum Gasteiger partial charge on any atom is -0.484 e. The monoisotopic (exact) mass is 405 g/mol. The van der Waals surface area contributed by atoms with Gasteiger partial charge in [-0.15, -0.1) is 0 Å². The van der Waals surface area contributed by atoms with Crippen LogP contribution in [0.4, 0.5) is 10.1 Å². The summed E-state index contributed by atoms with van der Waals surface area (Å²) in [6.45, 7) is -0.174. The molecule has 3 nitrogen and oxygen atoms in total. The summed E-state index contributed by atoms with van der Waals surface area (Å²) in [4.78, 5) is 11.7. The molecule has 0 spiro atoms. The normalized spacial score (nSPS) is 10.2. The smallest absolute Gasteiger partial charge is 0.262 e. The Bertz CT molecular complexity index is 636. The van der Waals surface area contributed by atoms with Crippen LogP contribution in [0.1, 0.15) is 0 Å². The van der Waals surface area contributed by atoms with Crippen LogP contribution in [0.3, 0.4) is 0 Å². The van der Waals surface area contributed by atoms with Gasteiger partial charge in [-0.3, -0.25) is 4.79 Å². The van der Waals surface area contributed by atoms with Crippen LogP contribution >= 0.6 is 34.2 Å². The number of benzene rings is 2. The van der Waals surface area contributed by atoms with Gasteiger partial charge < -0.3 is 10.1 Å². The van der Waals surface area contributed by atoms with E-state index in [0.717, 1.165) is 9.26 Å². The van der Waals surface area contributed by atoms with Gasteiger partial charge in [0, 0.05) is 9.64 Å². The predicted molar refractivity (Wildman–Crippen MR) is 84.7 cm³/mol. The standard InChI is InChI=1S/C14H10ClFINO2/c15-10-7-9(5-6-11(10)16)20-8-14(19)18-13-4-2-1-3-12(13)17/h1-7H,8H2,(H,18,19). The maximum absolute atomic E-state index is 13.0. The van der Waals surface area contributed by atoms with E-state index in [0.29, 0.717) is 5.75 Å². The molecule has 0 saturated carbocycles. The number of halogens is 3. The molecule has 2 aromatic rings. The van der Waals surface area contributed by atoms with Crippen molar-refractivity contribution in [1.82, 2.24) is 0 Å². The van der Waals surface area contributed by atoms with E-state index in [2.05, 4.69) is 27.9 Å².